The van der Waals surface area contributed by atoms with Crippen LogP contribution in [0.1, 0.15) is 11.3 Å². The maximum Gasteiger partial charge on any atom is 0.0524 e. The summed E-state index contributed by atoms with van der Waals surface area (Å²) in [4.78, 5) is 0. The van der Waals surface area contributed by atoms with Gasteiger partial charge in [0, 0.05) is 18.4 Å². The highest BCUT2D eigenvalue weighted by Crippen LogP contribution is 2.13. The number of hydrogen-bond acceptors (Lipinski definition) is 1. The van der Waals surface area contributed by atoms with Gasteiger partial charge in [0.05, 0.1) is 5.69 Å². The molecule has 0 aliphatic carbocycles. The summed E-state index contributed by atoms with van der Waals surface area (Å²) in [5.41, 5.74) is 9.07. The average molecular weight is 186 g/mol. The standard InChI is InChI=1S/C12H14N2/c1-10-12(13)7-8-14(10)9-11-5-3-2-4-6-11/h2-8H,9,13H2,1H3. The highest BCUT2D eigenvalue weighted by Gasteiger charge is 2.00. The zero-order valence-electron chi connectivity index (χ0n) is 8.27. The van der Waals surface area contributed by atoms with Gasteiger partial charge in [-0.05, 0) is 18.6 Å². The summed E-state index contributed by atoms with van der Waals surface area (Å²) >= 11 is 0. The van der Waals surface area contributed by atoms with Gasteiger partial charge in [-0.3, -0.25) is 0 Å². The van der Waals surface area contributed by atoms with Crippen molar-refractivity contribution < 1.29 is 0 Å². The van der Waals surface area contributed by atoms with Crippen LogP contribution in [0, 0.1) is 6.92 Å². The van der Waals surface area contributed by atoms with Gasteiger partial charge >= 0.3 is 0 Å². The van der Waals surface area contributed by atoms with E-state index >= 15 is 0 Å². The summed E-state index contributed by atoms with van der Waals surface area (Å²) in [6.45, 7) is 2.93. The Morgan fingerprint density at radius 2 is 1.86 bits per heavy atom. The van der Waals surface area contributed by atoms with Crippen molar-refractivity contribution in [3.05, 3.63) is 53.9 Å². The molecule has 14 heavy (non-hydrogen) atoms. The van der Waals surface area contributed by atoms with Crippen molar-refractivity contribution in [1.29, 1.82) is 0 Å². The maximum absolute atomic E-state index is 5.77. The van der Waals surface area contributed by atoms with Crippen LogP contribution >= 0.6 is 0 Å². The van der Waals surface area contributed by atoms with Crippen LogP contribution in [0.25, 0.3) is 0 Å². The summed E-state index contributed by atoms with van der Waals surface area (Å²) in [6.07, 6.45) is 2.03. The fourth-order valence-corrected chi connectivity index (χ4v) is 1.52. The highest BCUT2D eigenvalue weighted by molar-refractivity contribution is 5.43. The lowest BCUT2D eigenvalue weighted by molar-refractivity contribution is 0.778. The van der Waals surface area contributed by atoms with Gasteiger partial charge in [0.1, 0.15) is 0 Å². The minimum Gasteiger partial charge on any atom is -0.397 e. The lowest BCUT2D eigenvalue weighted by Gasteiger charge is -2.06. The third-order valence-corrected chi connectivity index (χ3v) is 2.48. The van der Waals surface area contributed by atoms with Gasteiger partial charge in [0.15, 0.2) is 0 Å². The molecule has 0 atom stereocenters. The molecule has 0 radical (unpaired) electrons. The number of nitrogens with zero attached hydrogens (tertiary/aromatic N) is 1. The second-order valence-electron chi connectivity index (χ2n) is 3.47. The molecule has 0 fully saturated rings. The molecule has 72 valence electrons. The Morgan fingerprint density at radius 1 is 1.14 bits per heavy atom. The molecule has 2 N–H and O–H groups in total. The summed E-state index contributed by atoms with van der Waals surface area (Å²) in [7, 11) is 0. The van der Waals surface area contributed by atoms with Gasteiger partial charge in [-0.25, -0.2) is 0 Å². The number of rotatable bonds is 2. The van der Waals surface area contributed by atoms with Gasteiger partial charge in [-0.15, -0.1) is 0 Å². The largest absolute Gasteiger partial charge is 0.397 e. The fraction of sp³-hybridized carbons (Fsp3) is 0.167. The van der Waals surface area contributed by atoms with Crippen LogP contribution in [0.3, 0.4) is 0 Å². The predicted octanol–water partition coefficient (Wildman–Crippen LogP) is 2.43. The molecule has 2 nitrogen and oxygen atoms in total. The van der Waals surface area contributed by atoms with Gasteiger partial charge in [0.2, 0.25) is 0 Å². The molecule has 0 saturated heterocycles. The molecule has 0 saturated carbocycles. The molecule has 0 bridgehead atoms. The molecule has 2 aromatic rings. The second-order valence-corrected chi connectivity index (χ2v) is 3.47. The Balaban J connectivity index is 2.23. The van der Waals surface area contributed by atoms with Gasteiger partial charge in [-0.2, -0.15) is 0 Å². The third kappa shape index (κ3) is 1.64. The summed E-state index contributed by atoms with van der Waals surface area (Å²) in [5.74, 6) is 0. The second kappa shape index (κ2) is 3.58. The molecule has 1 aromatic carbocycles. The SMILES string of the molecule is Cc1c(N)ccn1Cc1ccccc1. The Morgan fingerprint density at radius 3 is 2.43 bits per heavy atom. The van der Waals surface area contributed by atoms with Gasteiger partial charge in [0.25, 0.3) is 0 Å². The first-order valence-electron chi connectivity index (χ1n) is 4.72. The highest BCUT2D eigenvalue weighted by atomic mass is 15.0. The third-order valence-electron chi connectivity index (χ3n) is 2.48. The van der Waals surface area contributed by atoms with Gasteiger partial charge in [-0.1, -0.05) is 30.3 Å². The summed E-state index contributed by atoms with van der Waals surface area (Å²) < 4.78 is 2.16. The monoisotopic (exact) mass is 186 g/mol. The maximum atomic E-state index is 5.77. The molecule has 2 rings (SSSR count). The van der Waals surface area contributed by atoms with Crippen molar-refractivity contribution in [1.82, 2.24) is 4.57 Å². The number of nitrogens with two attached hydrogens (primary N) is 1. The van der Waals surface area contributed by atoms with E-state index in [4.69, 9.17) is 5.73 Å². The van der Waals surface area contributed by atoms with Crippen LogP contribution in [0.15, 0.2) is 42.6 Å². The van der Waals surface area contributed by atoms with E-state index in [-0.39, 0.29) is 0 Å². The first-order chi connectivity index (χ1) is 6.77. The number of hydrogen-bond donors (Lipinski definition) is 1. The summed E-state index contributed by atoms with van der Waals surface area (Å²) in [6, 6.07) is 12.3. The smallest absolute Gasteiger partial charge is 0.0524 e. The lowest BCUT2D eigenvalue weighted by atomic mass is 10.2. The molecule has 0 aliphatic heterocycles. The number of anilines is 1. The van der Waals surface area contributed by atoms with E-state index in [2.05, 4.69) is 28.8 Å². The molecule has 0 amide bonds. The van der Waals surface area contributed by atoms with E-state index in [9.17, 15) is 0 Å². The van der Waals surface area contributed by atoms with Crippen LogP contribution in [0.5, 0.6) is 0 Å². The molecule has 0 spiro atoms. The fourth-order valence-electron chi connectivity index (χ4n) is 1.52. The zero-order chi connectivity index (χ0) is 9.97. The van der Waals surface area contributed by atoms with Crippen molar-refractivity contribution >= 4 is 5.69 Å². The van der Waals surface area contributed by atoms with Crippen LogP contribution in [-0.4, -0.2) is 4.57 Å². The van der Waals surface area contributed by atoms with Crippen LogP contribution in [0.4, 0.5) is 5.69 Å². The Kier molecular flexibility index (Phi) is 2.27. The number of benzene rings is 1. The van der Waals surface area contributed by atoms with Crippen LogP contribution in [-0.2, 0) is 6.54 Å². The Bertz CT molecular complexity index is 415. The van der Waals surface area contributed by atoms with E-state index in [1.165, 1.54) is 5.56 Å². The van der Waals surface area contributed by atoms with E-state index in [1.54, 1.807) is 0 Å². The predicted molar refractivity (Wildman–Crippen MR) is 59.1 cm³/mol. The van der Waals surface area contributed by atoms with Crippen molar-refractivity contribution in [3.63, 3.8) is 0 Å². The Hall–Kier alpha value is -1.70. The minimum atomic E-state index is 0.862. The molecule has 0 unspecified atom stereocenters. The molecule has 0 aliphatic rings. The lowest BCUT2D eigenvalue weighted by Crippen LogP contribution is -2.00. The molecule has 1 heterocycles. The average Bonchev–Trinajstić information content (AvgIpc) is 2.52. The van der Waals surface area contributed by atoms with E-state index in [0.717, 1.165) is 17.9 Å². The van der Waals surface area contributed by atoms with Crippen LogP contribution in [0.2, 0.25) is 0 Å². The van der Waals surface area contributed by atoms with Crippen molar-refractivity contribution in [2.75, 3.05) is 5.73 Å². The molecule has 2 heteroatoms. The van der Waals surface area contributed by atoms with Crippen molar-refractivity contribution in [2.24, 2.45) is 0 Å². The molecular formula is C12H14N2. The zero-order valence-corrected chi connectivity index (χ0v) is 8.27. The van der Waals surface area contributed by atoms with E-state index < -0.39 is 0 Å². The Labute approximate surface area is 84.0 Å². The van der Waals surface area contributed by atoms with Crippen molar-refractivity contribution in [3.8, 4) is 0 Å². The minimum absolute atomic E-state index is 0.862. The summed E-state index contributed by atoms with van der Waals surface area (Å²) in [5, 5.41) is 0. The quantitative estimate of drug-likeness (QED) is 0.767. The van der Waals surface area contributed by atoms with E-state index in [1.807, 2.05) is 25.3 Å². The number of aromatic nitrogens is 1. The topological polar surface area (TPSA) is 30.9 Å². The normalized spacial score (nSPS) is 10.4. The van der Waals surface area contributed by atoms with Crippen molar-refractivity contribution in [2.45, 2.75) is 13.5 Å². The van der Waals surface area contributed by atoms with Crippen LogP contribution < -0.4 is 5.73 Å². The van der Waals surface area contributed by atoms with E-state index in [0.29, 0.717) is 0 Å². The van der Waals surface area contributed by atoms with Gasteiger partial charge < -0.3 is 10.3 Å². The number of nitrogen functional groups attached to an aromatic ring is 1. The molecular weight excluding hydrogens is 172 g/mol. The molecule has 1 aromatic heterocycles. The first kappa shape index (κ1) is 8.88. The first-order valence-corrected chi connectivity index (χ1v) is 4.72.